The van der Waals surface area contributed by atoms with Crippen LogP contribution in [0.5, 0.6) is 6.01 Å². The predicted molar refractivity (Wildman–Crippen MR) is 67.0 cm³/mol. The minimum atomic E-state index is -0.0624. The van der Waals surface area contributed by atoms with Crippen molar-refractivity contribution in [3.63, 3.8) is 0 Å². The molecular weight excluding hydrogens is 234 g/mol. The Hall–Kier alpha value is -1.40. The van der Waals surface area contributed by atoms with Crippen molar-refractivity contribution in [1.82, 2.24) is 14.5 Å². The fraction of sp³-hybridized carbons (Fsp3) is 0.667. The first-order chi connectivity index (χ1) is 8.70. The fourth-order valence-electron chi connectivity index (χ4n) is 2.02. The molecule has 0 aromatic carbocycles. The summed E-state index contributed by atoms with van der Waals surface area (Å²) in [7, 11) is 1.53. The molecule has 6 heteroatoms. The summed E-state index contributed by atoms with van der Waals surface area (Å²) in [6.07, 6.45) is 0. The number of methoxy groups -OCH3 is 1. The lowest BCUT2D eigenvalue weighted by atomic mass is 10.4. The smallest absolute Gasteiger partial charge is 0.299 e. The van der Waals surface area contributed by atoms with E-state index in [0.29, 0.717) is 18.2 Å². The molecule has 0 radical (unpaired) electrons. The minimum Gasteiger partial charge on any atom is -0.468 e. The Kier molecular flexibility index (Phi) is 4.33. The third kappa shape index (κ3) is 3.08. The minimum absolute atomic E-state index is 0.0624. The van der Waals surface area contributed by atoms with Gasteiger partial charge in [-0.15, -0.1) is 0 Å². The Morgan fingerprint density at radius 3 is 2.78 bits per heavy atom. The van der Waals surface area contributed by atoms with E-state index in [1.54, 1.807) is 11.5 Å². The average Bonchev–Trinajstić information content (AvgIpc) is 2.38. The molecule has 6 nitrogen and oxygen atoms in total. The fourth-order valence-corrected chi connectivity index (χ4v) is 2.02. The summed E-state index contributed by atoms with van der Waals surface area (Å²) < 4.78 is 12.0. The molecule has 0 amide bonds. The molecule has 0 saturated carbocycles. The number of hydrogen-bond acceptors (Lipinski definition) is 5. The lowest BCUT2D eigenvalue weighted by Gasteiger charge is -2.26. The highest BCUT2D eigenvalue weighted by molar-refractivity contribution is 5.06. The van der Waals surface area contributed by atoms with E-state index in [1.165, 1.54) is 13.2 Å². The molecule has 18 heavy (non-hydrogen) atoms. The molecule has 0 N–H and O–H groups in total. The monoisotopic (exact) mass is 253 g/mol. The van der Waals surface area contributed by atoms with Gasteiger partial charge >= 0.3 is 0 Å². The van der Waals surface area contributed by atoms with Crippen molar-refractivity contribution in [2.75, 3.05) is 40.0 Å². The lowest BCUT2D eigenvalue weighted by molar-refractivity contribution is 0.0359. The van der Waals surface area contributed by atoms with Gasteiger partial charge in [-0.2, -0.15) is 0 Å². The maximum absolute atomic E-state index is 11.9. The topological polar surface area (TPSA) is 56.6 Å². The van der Waals surface area contributed by atoms with Gasteiger partial charge in [0.2, 0.25) is 0 Å². The quantitative estimate of drug-likeness (QED) is 0.749. The molecule has 0 atom stereocenters. The van der Waals surface area contributed by atoms with Crippen LogP contribution in [0.1, 0.15) is 5.69 Å². The largest absolute Gasteiger partial charge is 0.468 e. The first kappa shape index (κ1) is 13.0. The van der Waals surface area contributed by atoms with Crippen molar-refractivity contribution in [2.45, 2.75) is 13.5 Å². The van der Waals surface area contributed by atoms with Gasteiger partial charge in [-0.05, 0) is 6.92 Å². The maximum atomic E-state index is 11.9. The number of nitrogens with zero attached hydrogens (tertiary/aromatic N) is 3. The van der Waals surface area contributed by atoms with Crippen molar-refractivity contribution in [3.8, 4) is 6.01 Å². The zero-order valence-corrected chi connectivity index (χ0v) is 10.9. The number of morpholine rings is 1. The van der Waals surface area contributed by atoms with Crippen LogP contribution in [0.2, 0.25) is 0 Å². The molecule has 1 aliphatic rings. The van der Waals surface area contributed by atoms with Crippen molar-refractivity contribution in [3.05, 3.63) is 22.1 Å². The molecule has 100 valence electrons. The molecule has 0 aliphatic carbocycles. The zero-order chi connectivity index (χ0) is 13.0. The molecule has 2 rings (SSSR count). The van der Waals surface area contributed by atoms with E-state index in [0.717, 1.165) is 32.8 Å². The molecule has 1 aliphatic heterocycles. The third-order valence-corrected chi connectivity index (χ3v) is 3.03. The summed E-state index contributed by atoms with van der Waals surface area (Å²) in [5, 5.41) is 0. The second kappa shape index (κ2) is 5.97. The van der Waals surface area contributed by atoms with E-state index in [1.807, 2.05) is 0 Å². The van der Waals surface area contributed by atoms with Crippen molar-refractivity contribution in [2.24, 2.45) is 0 Å². The van der Waals surface area contributed by atoms with Crippen molar-refractivity contribution < 1.29 is 9.47 Å². The highest BCUT2D eigenvalue weighted by Crippen LogP contribution is 2.05. The van der Waals surface area contributed by atoms with Gasteiger partial charge in [0.1, 0.15) is 0 Å². The Morgan fingerprint density at radius 1 is 1.39 bits per heavy atom. The van der Waals surface area contributed by atoms with E-state index < -0.39 is 0 Å². The highest BCUT2D eigenvalue weighted by atomic mass is 16.5. The molecule has 1 aromatic heterocycles. The first-order valence-corrected chi connectivity index (χ1v) is 6.13. The van der Waals surface area contributed by atoms with E-state index in [9.17, 15) is 4.79 Å². The van der Waals surface area contributed by atoms with Crippen LogP contribution in [0, 0.1) is 6.92 Å². The SMILES string of the molecule is COc1nc(C)cc(=O)n1CCN1CCOCC1. The van der Waals surface area contributed by atoms with Gasteiger partial charge in [-0.3, -0.25) is 14.3 Å². The third-order valence-electron chi connectivity index (χ3n) is 3.03. The van der Waals surface area contributed by atoms with Crippen LogP contribution in [0.3, 0.4) is 0 Å². The van der Waals surface area contributed by atoms with Crippen LogP contribution < -0.4 is 10.3 Å². The van der Waals surface area contributed by atoms with Gasteiger partial charge in [0.15, 0.2) is 0 Å². The van der Waals surface area contributed by atoms with Crippen LogP contribution in [0.15, 0.2) is 10.9 Å². The van der Waals surface area contributed by atoms with Crippen molar-refractivity contribution in [1.29, 1.82) is 0 Å². The summed E-state index contributed by atoms with van der Waals surface area (Å²) in [5.41, 5.74) is 0.618. The standard InChI is InChI=1S/C12H19N3O3/c1-10-9-11(16)15(12(13-10)17-2)4-3-14-5-7-18-8-6-14/h9H,3-8H2,1-2H3. The van der Waals surface area contributed by atoms with Crippen LogP contribution in [0.25, 0.3) is 0 Å². The Bertz CT molecular complexity index is 452. The summed E-state index contributed by atoms with van der Waals surface area (Å²) in [4.78, 5) is 18.4. The van der Waals surface area contributed by atoms with E-state index in [4.69, 9.17) is 9.47 Å². The first-order valence-electron chi connectivity index (χ1n) is 6.13. The van der Waals surface area contributed by atoms with Gasteiger partial charge in [-0.25, -0.2) is 4.98 Å². The summed E-state index contributed by atoms with van der Waals surface area (Å²) in [6, 6.07) is 1.91. The van der Waals surface area contributed by atoms with E-state index >= 15 is 0 Å². The maximum Gasteiger partial charge on any atom is 0.299 e. The Labute approximate surface area is 106 Å². The lowest BCUT2D eigenvalue weighted by Crippen LogP contribution is -2.39. The molecule has 1 saturated heterocycles. The molecule has 1 fully saturated rings. The number of rotatable bonds is 4. The van der Waals surface area contributed by atoms with Crippen LogP contribution in [-0.2, 0) is 11.3 Å². The summed E-state index contributed by atoms with van der Waals surface area (Å²) in [6.45, 7) is 6.54. The van der Waals surface area contributed by atoms with Crippen LogP contribution in [0.4, 0.5) is 0 Å². The number of aromatic nitrogens is 2. The predicted octanol–water partition coefficient (Wildman–Crippen LogP) is -0.107. The summed E-state index contributed by atoms with van der Waals surface area (Å²) >= 11 is 0. The second-order valence-electron chi connectivity index (χ2n) is 4.33. The summed E-state index contributed by atoms with van der Waals surface area (Å²) in [5.74, 6) is 0. The molecule has 0 unspecified atom stereocenters. The highest BCUT2D eigenvalue weighted by Gasteiger charge is 2.12. The second-order valence-corrected chi connectivity index (χ2v) is 4.33. The van der Waals surface area contributed by atoms with Gasteiger partial charge in [0.25, 0.3) is 11.6 Å². The molecule has 2 heterocycles. The zero-order valence-electron chi connectivity index (χ0n) is 10.9. The number of hydrogen-bond donors (Lipinski definition) is 0. The van der Waals surface area contributed by atoms with Gasteiger partial charge in [0.05, 0.1) is 20.3 Å². The molecule has 0 bridgehead atoms. The number of aryl methyl sites for hydroxylation is 1. The van der Waals surface area contributed by atoms with Crippen LogP contribution in [-0.4, -0.2) is 54.4 Å². The van der Waals surface area contributed by atoms with Gasteiger partial charge in [0, 0.05) is 37.9 Å². The van der Waals surface area contributed by atoms with Gasteiger partial charge in [-0.1, -0.05) is 0 Å². The van der Waals surface area contributed by atoms with Gasteiger partial charge < -0.3 is 9.47 Å². The van der Waals surface area contributed by atoms with E-state index in [-0.39, 0.29) is 5.56 Å². The Morgan fingerprint density at radius 2 is 2.11 bits per heavy atom. The van der Waals surface area contributed by atoms with Crippen molar-refractivity contribution >= 4 is 0 Å². The Balaban J connectivity index is 2.06. The normalized spacial score (nSPS) is 16.8. The number of ether oxygens (including phenoxy) is 2. The van der Waals surface area contributed by atoms with E-state index in [2.05, 4.69) is 9.88 Å². The molecule has 1 aromatic rings. The van der Waals surface area contributed by atoms with Crippen LogP contribution >= 0.6 is 0 Å². The molecule has 0 spiro atoms. The average molecular weight is 253 g/mol. The molecular formula is C12H19N3O3.